The van der Waals surface area contributed by atoms with Gasteiger partial charge in [-0.2, -0.15) is 0 Å². The monoisotopic (exact) mass is 246 g/mol. The average Bonchev–Trinajstić information content (AvgIpc) is 2.75. The van der Waals surface area contributed by atoms with Crippen LogP contribution < -0.4 is 5.32 Å². The normalized spacial score (nSPS) is 10.3. The summed E-state index contributed by atoms with van der Waals surface area (Å²) in [6.45, 7) is 0.370. The van der Waals surface area contributed by atoms with Crippen molar-refractivity contribution in [1.82, 2.24) is 9.88 Å². The van der Waals surface area contributed by atoms with Crippen molar-refractivity contribution in [3.05, 3.63) is 47.8 Å². The first kappa shape index (κ1) is 12.0. The fraction of sp³-hybridized carbons (Fsp3) is 0.154. The van der Waals surface area contributed by atoms with E-state index in [0.29, 0.717) is 6.54 Å². The van der Waals surface area contributed by atoms with E-state index in [0.717, 1.165) is 5.56 Å². The number of phenolic OH excluding ortho intramolecular Hbond substituents is 2. The number of hydrogen-bond acceptors (Lipinski definition) is 3. The van der Waals surface area contributed by atoms with E-state index in [2.05, 4.69) is 5.32 Å². The Labute approximate surface area is 104 Å². The SMILES string of the molecule is Cn1ccc(CNC(=O)c2cc(O)ccc2O)c1. The zero-order valence-electron chi connectivity index (χ0n) is 9.92. The van der Waals surface area contributed by atoms with Gasteiger partial charge in [0.1, 0.15) is 11.5 Å². The van der Waals surface area contributed by atoms with Crippen molar-refractivity contribution in [3.8, 4) is 11.5 Å². The van der Waals surface area contributed by atoms with Crippen molar-refractivity contribution in [1.29, 1.82) is 0 Å². The first-order valence-electron chi connectivity index (χ1n) is 5.47. The first-order valence-corrected chi connectivity index (χ1v) is 5.47. The molecule has 5 nitrogen and oxygen atoms in total. The molecule has 0 aliphatic carbocycles. The maximum atomic E-state index is 11.8. The topological polar surface area (TPSA) is 74.5 Å². The zero-order valence-corrected chi connectivity index (χ0v) is 9.92. The molecule has 2 rings (SSSR count). The molecule has 0 radical (unpaired) electrons. The molecule has 1 aromatic carbocycles. The molecule has 1 amide bonds. The molecule has 0 bridgehead atoms. The molecule has 0 aliphatic rings. The predicted octanol–water partition coefficient (Wildman–Crippen LogP) is 1.37. The Hall–Kier alpha value is -2.43. The fourth-order valence-corrected chi connectivity index (χ4v) is 1.65. The van der Waals surface area contributed by atoms with Crippen molar-refractivity contribution in [3.63, 3.8) is 0 Å². The number of nitrogens with one attached hydrogen (secondary N) is 1. The maximum Gasteiger partial charge on any atom is 0.255 e. The number of aromatic nitrogens is 1. The van der Waals surface area contributed by atoms with Crippen LogP contribution in [-0.2, 0) is 13.6 Å². The van der Waals surface area contributed by atoms with Crippen molar-refractivity contribution in [2.45, 2.75) is 6.54 Å². The zero-order chi connectivity index (χ0) is 13.1. The van der Waals surface area contributed by atoms with E-state index in [1.54, 1.807) is 0 Å². The van der Waals surface area contributed by atoms with Crippen LogP contribution in [0, 0.1) is 0 Å². The molecule has 1 heterocycles. The largest absolute Gasteiger partial charge is 0.508 e. The van der Waals surface area contributed by atoms with E-state index < -0.39 is 5.91 Å². The quantitative estimate of drug-likeness (QED) is 0.716. The highest BCUT2D eigenvalue weighted by atomic mass is 16.3. The van der Waals surface area contributed by atoms with Gasteiger partial charge < -0.3 is 20.1 Å². The van der Waals surface area contributed by atoms with Gasteiger partial charge in [-0.15, -0.1) is 0 Å². The van der Waals surface area contributed by atoms with Gasteiger partial charge in [0.2, 0.25) is 0 Å². The van der Waals surface area contributed by atoms with Crippen LogP contribution in [-0.4, -0.2) is 20.7 Å². The van der Waals surface area contributed by atoms with Crippen molar-refractivity contribution in [2.24, 2.45) is 7.05 Å². The molecule has 0 fully saturated rings. The summed E-state index contributed by atoms with van der Waals surface area (Å²) in [5.74, 6) is -0.636. The van der Waals surface area contributed by atoms with Crippen molar-refractivity contribution >= 4 is 5.91 Å². The number of aryl methyl sites for hydroxylation is 1. The Balaban J connectivity index is 2.05. The van der Waals surface area contributed by atoms with Crippen molar-refractivity contribution < 1.29 is 15.0 Å². The summed E-state index contributed by atoms with van der Waals surface area (Å²) in [4.78, 5) is 11.8. The third kappa shape index (κ3) is 2.63. The van der Waals surface area contributed by atoms with E-state index in [-0.39, 0.29) is 17.1 Å². The van der Waals surface area contributed by atoms with Gasteiger partial charge in [-0.05, 0) is 29.8 Å². The highest BCUT2D eigenvalue weighted by molar-refractivity contribution is 5.97. The summed E-state index contributed by atoms with van der Waals surface area (Å²) >= 11 is 0. The molecular formula is C13H14N2O3. The third-order valence-electron chi connectivity index (χ3n) is 2.57. The number of carbonyl (C=O) groups is 1. The minimum atomic E-state index is -0.424. The molecule has 18 heavy (non-hydrogen) atoms. The Morgan fingerprint density at radius 2 is 2.11 bits per heavy atom. The standard InChI is InChI=1S/C13H14N2O3/c1-15-5-4-9(8-15)7-14-13(18)11-6-10(16)2-3-12(11)17/h2-6,8,16-17H,7H2,1H3,(H,14,18). The second-order valence-electron chi connectivity index (χ2n) is 4.07. The van der Waals surface area contributed by atoms with Crippen LogP contribution in [0.4, 0.5) is 0 Å². The van der Waals surface area contributed by atoms with Crippen LogP contribution in [0.2, 0.25) is 0 Å². The summed E-state index contributed by atoms with van der Waals surface area (Å²) in [5, 5.41) is 21.5. The molecule has 0 atom stereocenters. The van der Waals surface area contributed by atoms with Crippen LogP contribution in [0.1, 0.15) is 15.9 Å². The lowest BCUT2D eigenvalue weighted by Crippen LogP contribution is -2.22. The van der Waals surface area contributed by atoms with E-state index in [1.807, 2.05) is 30.1 Å². The Kier molecular flexibility index (Phi) is 3.23. The molecule has 94 valence electrons. The fourth-order valence-electron chi connectivity index (χ4n) is 1.65. The lowest BCUT2D eigenvalue weighted by molar-refractivity contribution is 0.0948. The number of aromatic hydroxyl groups is 2. The second kappa shape index (κ2) is 4.83. The summed E-state index contributed by atoms with van der Waals surface area (Å²) in [7, 11) is 1.90. The Bertz CT molecular complexity index is 575. The highest BCUT2D eigenvalue weighted by Gasteiger charge is 2.11. The van der Waals surface area contributed by atoms with Gasteiger partial charge in [0, 0.05) is 26.0 Å². The molecule has 5 heteroatoms. The molecule has 0 unspecified atom stereocenters. The third-order valence-corrected chi connectivity index (χ3v) is 2.57. The van der Waals surface area contributed by atoms with Crippen molar-refractivity contribution in [2.75, 3.05) is 0 Å². The minimum Gasteiger partial charge on any atom is -0.508 e. The van der Waals surface area contributed by atoms with Crippen LogP contribution in [0.15, 0.2) is 36.7 Å². The number of rotatable bonds is 3. The Morgan fingerprint density at radius 3 is 2.78 bits per heavy atom. The van der Waals surface area contributed by atoms with Crippen LogP contribution in [0.25, 0.3) is 0 Å². The number of benzene rings is 1. The first-order chi connectivity index (χ1) is 8.56. The van der Waals surface area contributed by atoms with Crippen LogP contribution in [0.3, 0.4) is 0 Å². The van der Waals surface area contributed by atoms with Gasteiger partial charge >= 0.3 is 0 Å². The highest BCUT2D eigenvalue weighted by Crippen LogP contribution is 2.21. The maximum absolute atomic E-state index is 11.8. The van der Waals surface area contributed by atoms with Gasteiger partial charge in [0.25, 0.3) is 5.91 Å². The summed E-state index contributed by atoms with van der Waals surface area (Å²) in [6.07, 6.45) is 3.77. The van der Waals surface area contributed by atoms with Crippen LogP contribution >= 0.6 is 0 Å². The van der Waals surface area contributed by atoms with Gasteiger partial charge in [-0.3, -0.25) is 4.79 Å². The lowest BCUT2D eigenvalue weighted by atomic mass is 10.1. The second-order valence-corrected chi connectivity index (χ2v) is 4.07. The van der Waals surface area contributed by atoms with E-state index in [1.165, 1.54) is 18.2 Å². The molecule has 0 spiro atoms. The number of carbonyl (C=O) groups excluding carboxylic acids is 1. The van der Waals surface area contributed by atoms with Gasteiger partial charge in [0.05, 0.1) is 5.56 Å². The smallest absolute Gasteiger partial charge is 0.255 e. The van der Waals surface area contributed by atoms with Gasteiger partial charge in [0.15, 0.2) is 0 Å². The number of phenols is 2. The lowest BCUT2D eigenvalue weighted by Gasteiger charge is -2.06. The molecule has 0 saturated carbocycles. The molecule has 3 N–H and O–H groups in total. The Morgan fingerprint density at radius 1 is 1.33 bits per heavy atom. The van der Waals surface area contributed by atoms with Gasteiger partial charge in [-0.1, -0.05) is 0 Å². The van der Waals surface area contributed by atoms with Gasteiger partial charge in [-0.25, -0.2) is 0 Å². The molecule has 0 aliphatic heterocycles. The number of nitrogens with zero attached hydrogens (tertiary/aromatic N) is 1. The van der Waals surface area contributed by atoms with Crippen LogP contribution in [0.5, 0.6) is 11.5 Å². The summed E-state index contributed by atoms with van der Waals surface area (Å²) < 4.78 is 1.88. The van der Waals surface area contributed by atoms with E-state index in [4.69, 9.17) is 0 Å². The molecule has 0 saturated heterocycles. The minimum absolute atomic E-state index is 0.0577. The molecule has 2 aromatic rings. The summed E-state index contributed by atoms with van der Waals surface area (Å²) in [6, 6.07) is 5.73. The number of hydrogen-bond donors (Lipinski definition) is 3. The molecule has 1 aromatic heterocycles. The predicted molar refractivity (Wildman–Crippen MR) is 66.4 cm³/mol. The number of amides is 1. The summed E-state index contributed by atoms with van der Waals surface area (Å²) in [5.41, 5.74) is 1.02. The van der Waals surface area contributed by atoms with E-state index in [9.17, 15) is 15.0 Å². The van der Waals surface area contributed by atoms with E-state index >= 15 is 0 Å². The molecular weight excluding hydrogens is 232 g/mol. The average molecular weight is 246 g/mol.